The van der Waals surface area contributed by atoms with Crippen LogP contribution in [-0.2, 0) is 17.8 Å². The molecule has 4 aliphatic carbocycles. The molecule has 1 atom stereocenters. The third-order valence-corrected chi connectivity index (χ3v) is 8.46. The maximum absolute atomic E-state index is 13.2. The Labute approximate surface area is 177 Å². The number of benzene rings is 1. The standard InChI is InChI=1S/C24H30ClNO3/c1-14(13-27)26-12-21-19(23(26)29)2-3-22(25)20(21)7-18(28)11-24-8-15-4-16(9-24)6-17(5-15)10-24/h2-3,14-17,27H,4-13H2,1H3/t14-,15?,16?,17?,24?/m1/s1. The summed E-state index contributed by atoms with van der Waals surface area (Å²) >= 11 is 6.51. The van der Waals surface area contributed by atoms with Crippen molar-refractivity contribution in [2.45, 2.75) is 70.9 Å². The molecule has 29 heavy (non-hydrogen) atoms. The van der Waals surface area contributed by atoms with Crippen molar-refractivity contribution >= 4 is 23.3 Å². The first-order chi connectivity index (χ1) is 13.9. The summed E-state index contributed by atoms with van der Waals surface area (Å²) in [5.41, 5.74) is 2.55. The Morgan fingerprint density at radius 1 is 1.21 bits per heavy atom. The van der Waals surface area contributed by atoms with Crippen LogP contribution >= 0.6 is 11.6 Å². The minimum Gasteiger partial charge on any atom is -0.394 e. The second-order valence-electron chi connectivity index (χ2n) is 10.3. The van der Waals surface area contributed by atoms with Crippen molar-refractivity contribution in [3.05, 3.63) is 33.8 Å². The summed E-state index contributed by atoms with van der Waals surface area (Å²) in [6.07, 6.45) is 8.81. The van der Waals surface area contributed by atoms with Crippen LogP contribution in [0.4, 0.5) is 0 Å². The number of aliphatic hydroxyl groups is 1. The van der Waals surface area contributed by atoms with Crippen molar-refractivity contribution in [2.24, 2.45) is 23.2 Å². The molecule has 6 rings (SSSR count). The molecule has 4 bridgehead atoms. The first kappa shape index (κ1) is 19.6. The van der Waals surface area contributed by atoms with Gasteiger partial charge in [0.05, 0.1) is 12.6 Å². The molecule has 4 nitrogen and oxygen atoms in total. The van der Waals surface area contributed by atoms with Crippen LogP contribution in [-0.4, -0.2) is 34.3 Å². The summed E-state index contributed by atoms with van der Waals surface area (Å²) in [4.78, 5) is 27.6. The van der Waals surface area contributed by atoms with Crippen molar-refractivity contribution < 1.29 is 14.7 Å². The van der Waals surface area contributed by atoms with E-state index < -0.39 is 0 Å². The summed E-state index contributed by atoms with van der Waals surface area (Å²) in [5.74, 6) is 2.70. The minimum atomic E-state index is -0.246. The number of amides is 1. The first-order valence-corrected chi connectivity index (χ1v) is 11.5. The lowest BCUT2D eigenvalue weighted by Crippen LogP contribution is -2.47. The summed E-state index contributed by atoms with van der Waals surface area (Å²) in [6.45, 7) is 2.19. The highest BCUT2D eigenvalue weighted by Gasteiger charge is 2.51. The van der Waals surface area contributed by atoms with Gasteiger partial charge in [-0.25, -0.2) is 0 Å². The van der Waals surface area contributed by atoms with Gasteiger partial charge in [0.2, 0.25) is 0 Å². The molecule has 0 saturated heterocycles. The van der Waals surface area contributed by atoms with Crippen molar-refractivity contribution in [3.8, 4) is 0 Å². The average molecular weight is 416 g/mol. The number of hydrogen-bond acceptors (Lipinski definition) is 3. The summed E-state index contributed by atoms with van der Waals surface area (Å²) < 4.78 is 0. The van der Waals surface area contributed by atoms with Gasteiger partial charge in [-0.15, -0.1) is 0 Å². The van der Waals surface area contributed by atoms with Gasteiger partial charge < -0.3 is 10.0 Å². The third kappa shape index (κ3) is 3.33. The number of halogens is 1. The molecule has 1 amide bonds. The normalized spacial score (nSPS) is 33.3. The van der Waals surface area contributed by atoms with Crippen molar-refractivity contribution in [1.82, 2.24) is 4.90 Å². The quantitative estimate of drug-likeness (QED) is 0.749. The second kappa shape index (κ2) is 7.09. The fraction of sp³-hybridized carbons (Fsp3) is 0.667. The van der Waals surface area contributed by atoms with E-state index in [1.54, 1.807) is 17.0 Å². The number of hydrogen-bond donors (Lipinski definition) is 1. The molecule has 0 radical (unpaired) electrons. The molecule has 0 unspecified atom stereocenters. The fourth-order valence-corrected chi connectivity index (χ4v) is 7.52. The molecule has 0 spiro atoms. The van der Waals surface area contributed by atoms with Crippen molar-refractivity contribution in [3.63, 3.8) is 0 Å². The van der Waals surface area contributed by atoms with Gasteiger partial charge in [0.15, 0.2) is 0 Å². The average Bonchev–Trinajstić information content (AvgIpc) is 2.99. The van der Waals surface area contributed by atoms with Gasteiger partial charge in [-0.3, -0.25) is 9.59 Å². The van der Waals surface area contributed by atoms with Crippen molar-refractivity contribution in [2.75, 3.05) is 6.61 Å². The van der Waals surface area contributed by atoms with Crippen LogP contribution in [0.15, 0.2) is 12.1 Å². The zero-order valence-electron chi connectivity index (χ0n) is 17.1. The Morgan fingerprint density at radius 2 is 1.83 bits per heavy atom. The molecule has 1 aliphatic heterocycles. The van der Waals surface area contributed by atoms with E-state index in [1.165, 1.54) is 38.5 Å². The lowest BCUT2D eigenvalue weighted by atomic mass is 9.48. The predicted octanol–water partition coefficient (Wildman–Crippen LogP) is 4.39. The highest BCUT2D eigenvalue weighted by molar-refractivity contribution is 6.32. The summed E-state index contributed by atoms with van der Waals surface area (Å²) in [6, 6.07) is 3.26. The zero-order valence-corrected chi connectivity index (χ0v) is 17.9. The third-order valence-electron chi connectivity index (χ3n) is 8.10. The molecular formula is C24H30ClNO3. The maximum Gasteiger partial charge on any atom is 0.254 e. The maximum atomic E-state index is 13.2. The van der Waals surface area contributed by atoms with Crippen LogP contribution < -0.4 is 0 Å². The predicted molar refractivity (Wildman–Crippen MR) is 112 cm³/mol. The molecule has 5 aliphatic rings. The SMILES string of the molecule is C[C@H](CO)N1Cc2c(ccc(Cl)c2CC(=O)CC23CC4CC(CC(C4)C2)C3)C1=O. The summed E-state index contributed by atoms with van der Waals surface area (Å²) in [7, 11) is 0. The molecule has 156 valence electrons. The number of aliphatic hydroxyl groups excluding tert-OH is 1. The highest BCUT2D eigenvalue weighted by Crippen LogP contribution is 2.61. The van der Waals surface area contributed by atoms with Crippen molar-refractivity contribution in [1.29, 1.82) is 0 Å². The molecule has 4 saturated carbocycles. The Kier molecular flexibility index (Phi) is 4.78. The van der Waals surface area contributed by atoms with Crippen LogP contribution in [0.5, 0.6) is 0 Å². The van der Waals surface area contributed by atoms with E-state index in [4.69, 9.17) is 11.6 Å². The van der Waals surface area contributed by atoms with E-state index in [0.29, 0.717) is 30.0 Å². The first-order valence-electron chi connectivity index (χ1n) is 11.1. The van der Waals surface area contributed by atoms with E-state index in [-0.39, 0.29) is 29.8 Å². The van der Waals surface area contributed by atoms with Crippen LogP contribution in [0.2, 0.25) is 5.02 Å². The topological polar surface area (TPSA) is 57.6 Å². The number of carbonyl (C=O) groups is 2. The number of rotatable bonds is 6. The Hall–Kier alpha value is -1.39. The Balaban J connectivity index is 1.35. The van der Waals surface area contributed by atoms with Crippen LogP contribution in [0, 0.1) is 23.2 Å². The second-order valence-corrected chi connectivity index (χ2v) is 10.7. The number of carbonyl (C=O) groups excluding carboxylic acids is 2. The van der Waals surface area contributed by atoms with E-state index in [2.05, 4.69) is 0 Å². The smallest absolute Gasteiger partial charge is 0.254 e. The van der Waals surface area contributed by atoms with E-state index >= 15 is 0 Å². The molecule has 1 aromatic carbocycles. The lowest BCUT2D eigenvalue weighted by Gasteiger charge is -2.56. The van der Waals surface area contributed by atoms with Crippen LogP contribution in [0.25, 0.3) is 0 Å². The van der Waals surface area contributed by atoms with E-state index in [1.807, 2.05) is 6.92 Å². The molecule has 4 fully saturated rings. The van der Waals surface area contributed by atoms with Gasteiger partial charge in [-0.2, -0.15) is 0 Å². The monoisotopic (exact) mass is 415 g/mol. The fourth-order valence-electron chi connectivity index (χ4n) is 7.27. The Bertz CT molecular complexity index is 829. The Morgan fingerprint density at radius 3 is 2.41 bits per heavy atom. The van der Waals surface area contributed by atoms with E-state index in [0.717, 1.165) is 28.9 Å². The molecule has 0 aromatic heterocycles. The summed E-state index contributed by atoms with van der Waals surface area (Å²) in [5, 5.41) is 10.1. The number of Topliss-reactive ketones (excluding diaryl/α,β-unsaturated/α-hetero) is 1. The number of nitrogens with zero attached hydrogens (tertiary/aromatic N) is 1. The minimum absolute atomic E-state index is 0.0757. The number of fused-ring (bicyclic) bond motifs is 1. The van der Waals surface area contributed by atoms with Gasteiger partial charge in [-0.1, -0.05) is 11.6 Å². The van der Waals surface area contributed by atoms with Gasteiger partial charge in [-0.05, 0) is 91.9 Å². The van der Waals surface area contributed by atoms with Gasteiger partial charge in [0, 0.05) is 30.0 Å². The molecular weight excluding hydrogens is 386 g/mol. The molecule has 1 heterocycles. The van der Waals surface area contributed by atoms with Gasteiger partial charge in [0.25, 0.3) is 5.91 Å². The largest absolute Gasteiger partial charge is 0.394 e. The van der Waals surface area contributed by atoms with Crippen LogP contribution in [0.3, 0.4) is 0 Å². The zero-order chi connectivity index (χ0) is 20.3. The van der Waals surface area contributed by atoms with Crippen LogP contribution in [0.1, 0.15) is 73.4 Å². The lowest BCUT2D eigenvalue weighted by molar-refractivity contribution is -0.126. The van der Waals surface area contributed by atoms with Gasteiger partial charge in [0.1, 0.15) is 5.78 Å². The van der Waals surface area contributed by atoms with Gasteiger partial charge >= 0.3 is 0 Å². The molecule has 1 N–H and O–H groups in total. The molecule has 1 aromatic rings. The highest BCUT2D eigenvalue weighted by atomic mass is 35.5. The van der Waals surface area contributed by atoms with E-state index in [9.17, 15) is 14.7 Å². The molecule has 5 heteroatoms. The number of ketones is 1.